The van der Waals surface area contributed by atoms with Crippen molar-refractivity contribution in [2.45, 2.75) is 6.92 Å². The lowest BCUT2D eigenvalue weighted by molar-refractivity contribution is 0.101. The number of nitrogens with zero attached hydrogens (tertiary/aromatic N) is 1. The van der Waals surface area contributed by atoms with Gasteiger partial charge in [0.2, 0.25) is 0 Å². The molecule has 0 amide bonds. The maximum Gasteiger partial charge on any atom is 0.178 e. The SMILES string of the molecule is CC(=O)c1ccc2cc(Br)ccc2n1. The summed E-state index contributed by atoms with van der Waals surface area (Å²) in [4.78, 5) is 15.3. The predicted octanol–water partition coefficient (Wildman–Crippen LogP) is 3.20. The normalized spacial score (nSPS) is 10.4. The van der Waals surface area contributed by atoms with E-state index in [1.54, 1.807) is 6.07 Å². The molecule has 0 saturated heterocycles. The number of hydrogen-bond acceptors (Lipinski definition) is 2. The number of carbonyl (C=O) groups is 1. The number of halogens is 1. The third-order valence-electron chi connectivity index (χ3n) is 2.01. The Morgan fingerprint density at radius 2 is 2.07 bits per heavy atom. The molecule has 2 nitrogen and oxygen atoms in total. The van der Waals surface area contributed by atoms with Crippen molar-refractivity contribution in [3.8, 4) is 0 Å². The third-order valence-corrected chi connectivity index (χ3v) is 2.51. The monoisotopic (exact) mass is 249 g/mol. The van der Waals surface area contributed by atoms with E-state index < -0.39 is 0 Å². The van der Waals surface area contributed by atoms with Crippen LogP contribution in [0.15, 0.2) is 34.8 Å². The average Bonchev–Trinajstić information content (AvgIpc) is 2.16. The van der Waals surface area contributed by atoms with E-state index in [0.717, 1.165) is 15.4 Å². The molecule has 0 unspecified atom stereocenters. The molecule has 0 atom stereocenters. The molecule has 2 rings (SSSR count). The van der Waals surface area contributed by atoms with Crippen LogP contribution >= 0.6 is 15.9 Å². The highest BCUT2D eigenvalue weighted by Crippen LogP contribution is 2.18. The number of benzene rings is 1. The number of ketones is 1. The second kappa shape index (κ2) is 3.50. The molecule has 0 bridgehead atoms. The lowest BCUT2D eigenvalue weighted by Crippen LogP contribution is -1.95. The molecule has 70 valence electrons. The van der Waals surface area contributed by atoms with Gasteiger partial charge in [0.25, 0.3) is 0 Å². The summed E-state index contributed by atoms with van der Waals surface area (Å²) in [6.45, 7) is 1.52. The van der Waals surface area contributed by atoms with Crippen molar-refractivity contribution < 1.29 is 4.79 Å². The number of carbonyl (C=O) groups excluding carboxylic acids is 1. The highest BCUT2D eigenvalue weighted by molar-refractivity contribution is 9.10. The molecule has 2 aromatic rings. The van der Waals surface area contributed by atoms with Gasteiger partial charge in [0.05, 0.1) is 5.52 Å². The minimum absolute atomic E-state index is 0.00480. The summed E-state index contributed by atoms with van der Waals surface area (Å²) in [5.74, 6) is -0.00480. The van der Waals surface area contributed by atoms with Gasteiger partial charge < -0.3 is 0 Å². The van der Waals surface area contributed by atoms with E-state index in [9.17, 15) is 4.79 Å². The molecule has 0 N–H and O–H groups in total. The fourth-order valence-corrected chi connectivity index (χ4v) is 1.67. The standard InChI is InChI=1S/C11H8BrNO/c1-7(14)10-4-2-8-6-9(12)3-5-11(8)13-10/h2-6H,1H3. The minimum Gasteiger partial charge on any atom is -0.293 e. The van der Waals surface area contributed by atoms with Gasteiger partial charge in [0.1, 0.15) is 5.69 Å². The topological polar surface area (TPSA) is 30.0 Å². The highest BCUT2D eigenvalue weighted by atomic mass is 79.9. The molecule has 0 aliphatic carbocycles. The van der Waals surface area contributed by atoms with E-state index >= 15 is 0 Å². The smallest absolute Gasteiger partial charge is 0.178 e. The van der Waals surface area contributed by atoms with Gasteiger partial charge in [-0.25, -0.2) is 4.98 Å². The fourth-order valence-electron chi connectivity index (χ4n) is 1.29. The van der Waals surface area contributed by atoms with Crippen LogP contribution in [0.2, 0.25) is 0 Å². The van der Waals surface area contributed by atoms with Gasteiger partial charge in [-0.05, 0) is 24.3 Å². The maximum atomic E-state index is 11.1. The number of fused-ring (bicyclic) bond motifs is 1. The van der Waals surface area contributed by atoms with Crippen molar-refractivity contribution in [2.24, 2.45) is 0 Å². The van der Waals surface area contributed by atoms with Gasteiger partial charge in [-0.15, -0.1) is 0 Å². The van der Waals surface area contributed by atoms with Crippen LogP contribution in [0.4, 0.5) is 0 Å². The second-order valence-corrected chi connectivity index (χ2v) is 4.01. The molecule has 0 spiro atoms. The van der Waals surface area contributed by atoms with E-state index in [0.29, 0.717) is 5.69 Å². The minimum atomic E-state index is -0.00480. The van der Waals surface area contributed by atoms with Gasteiger partial charge in [-0.2, -0.15) is 0 Å². The summed E-state index contributed by atoms with van der Waals surface area (Å²) in [5.41, 5.74) is 1.36. The molecule has 1 aromatic carbocycles. The Morgan fingerprint density at radius 1 is 1.29 bits per heavy atom. The lowest BCUT2D eigenvalue weighted by atomic mass is 10.2. The summed E-state index contributed by atoms with van der Waals surface area (Å²) >= 11 is 3.39. The van der Waals surface area contributed by atoms with Crippen molar-refractivity contribution in [1.82, 2.24) is 4.98 Å². The number of rotatable bonds is 1. The zero-order valence-corrected chi connectivity index (χ0v) is 9.21. The Bertz CT molecular complexity index is 508. The third kappa shape index (κ3) is 1.68. The molecule has 0 aliphatic rings. The first kappa shape index (κ1) is 9.34. The molecular weight excluding hydrogens is 242 g/mol. The maximum absolute atomic E-state index is 11.1. The Labute approximate surface area is 90.1 Å². The zero-order chi connectivity index (χ0) is 10.1. The van der Waals surface area contributed by atoms with Crippen molar-refractivity contribution in [3.63, 3.8) is 0 Å². The second-order valence-electron chi connectivity index (χ2n) is 3.09. The molecule has 0 fully saturated rings. The van der Waals surface area contributed by atoms with Crippen LogP contribution < -0.4 is 0 Å². The van der Waals surface area contributed by atoms with Crippen LogP contribution in [0.25, 0.3) is 10.9 Å². The first-order valence-electron chi connectivity index (χ1n) is 4.24. The van der Waals surface area contributed by atoms with Crippen LogP contribution in [-0.2, 0) is 0 Å². The van der Waals surface area contributed by atoms with Crippen LogP contribution in [0.5, 0.6) is 0 Å². The van der Waals surface area contributed by atoms with E-state index in [1.807, 2.05) is 24.3 Å². The Hall–Kier alpha value is -1.22. The first-order chi connectivity index (χ1) is 6.66. The van der Waals surface area contributed by atoms with E-state index in [-0.39, 0.29) is 5.78 Å². The fraction of sp³-hybridized carbons (Fsp3) is 0.0909. The van der Waals surface area contributed by atoms with E-state index in [4.69, 9.17) is 0 Å². The van der Waals surface area contributed by atoms with Gasteiger partial charge in [-0.1, -0.05) is 22.0 Å². The summed E-state index contributed by atoms with van der Waals surface area (Å²) < 4.78 is 1.02. The molecule has 0 saturated carbocycles. The number of Topliss-reactive ketones (excluding diaryl/α,β-unsaturated/α-hetero) is 1. The highest BCUT2D eigenvalue weighted by Gasteiger charge is 2.02. The van der Waals surface area contributed by atoms with Crippen LogP contribution in [0.3, 0.4) is 0 Å². The predicted molar refractivity (Wildman–Crippen MR) is 59.4 cm³/mol. The Morgan fingerprint density at radius 3 is 2.79 bits per heavy atom. The van der Waals surface area contributed by atoms with Gasteiger partial charge in [0.15, 0.2) is 5.78 Å². The first-order valence-corrected chi connectivity index (χ1v) is 5.03. The van der Waals surface area contributed by atoms with Crippen molar-refractivity contribution in [2.75, 3.05) is 0 Å². The molecular formula is C11H8BrNO. The van der Waals surface area contributed by atoms with Gasteiger partial charge in [-0.3, -0.25) is 4.79 Å². The Balaban J connectivity index is 2.67. The van der Waals surface area contributed by atoms with Crippen LogP contribution in [0.1, 0.15) is 17.4 Å². The summed E-state index contributed by atoms with van der Waals surface area (Å²) in [5, 5.41) is 1.03. The summed E-state index contributed by atoms with van der Waals surface area (Å²) in [6, 6.07) is 9.44. The van der Waals surface area contributed by atoms with E-state index in [2.05, 4.69) is 20.9 Å². The molecule has 0 aliphatic heterocycles. The molecule has 0 radical (unpaired) electrons. The number of hydrogen-bond donors (Lipinski definition) is 0. The molecule has 14 heavy (non-hydrogen) atoms. The molecule has 1 aromatic heterocycles. The van der Waals surface area contributed by atoms with Crippen molar-refractivity contribution in [3.05, 3.63) is 40.5 Å². The van der Waals surface area contributed by atoms with Crippen LogP contribution in [-0.4, -0.2) is 10.8 Å². The van der Waals surface area contributed by atoms with Gasteiger partial charge in [0, 0.05) is 16.8 Å². The Kier molecular flexibility index (Phi) is 2.33. The van der Waals surface area contributed by atoms with Crippen molar-refractivity contribution in [1.29, 1.82) is 0 Å². The quantitative estimate of drug-likeness (QED) is 0.727. The molecule has 1 heterocycles. The number of pyridine rings is 1. The summed E-state index contributed by atoms with van der Waals surface area (Å²) in [7, 11) is 0. The van der Waals surface area contributed by atoms with Gasteiger partial charge >= 0.3 is 0 Å². The lowest BCUT2D eigenvalue weighted by Gasteiger charge is -1.99. The average molecular weight is 250 g/mol. The molecule has 3 heteroatoms. The number of aromatic nitrogens is 1. The van der Waals surface area contributed by atoms with Crippen LogP contribution in [0, 0.1) is 0 Å². The van der Waals surface area contributed by atoms with Crippen molar-refractivity contribution >= 4 is 32.6 Å². The largest absolute Gasteiger partial charge is 0.293 e. The summed E-state index contributed by atoms with van der Waals surface area (Å²) in [6.07, 6.45) is 0. The zero-order valence-electron chi connectivity index (χ0n) is 7.62. The van der Waals surface area contributed by atoms with E-state index in [1.165, 1.54) is 6.92 Å².